The molecule has 2 nitrogen and oxygen atoms in total. The maximum atomic E-state index is 5.50. The van der Waals surface area contributed by atoms with Crippen molar-refractivity contribution < 1.29 is 4.42 Å². The lowest BCUT2D eigenvalue weighted by atomic mass is 9.85. The molecule has 0 N–H and O–H groups in total. The number of aromatic nitrogens is 1. The first-order chi connectivity index (χ1) is 7.15. The number of hydrogen-bond donors (Lipinski definition) is 0. The third-order valence-electron chi connectivity index (χ3n) is 2.84. The first kappa shape index (κ1) is 10.4. The van der Waals surface area contributed by atoms with E-state index in [0.717, 1.165) is 22.8 Å². The second-order valence-electron chi connectivity index (χ2n) is 4.24. The highest BCUT2D eigenvalue weighted by atomic mass is 32.1. The van der Waals surface area contributed by atoms with E-state index in [2.05, 4.69) is 37.2 Å². The molecule has 0 saturated carbocycles. The Morgan fingerprint density at radius 2 is 2.27 bits per heavy atom. The Bertz CT molecular complexity index is 428. The molecule has 0 fully saturated rings. The van der Waals surface area contributed by atoms with Gasteiger partial charge in [0, 0.05) is 5.41 Å². The van der Waals surface area contributed by atoms with Crippen molar-refractivity contribution in [3.63, 3.8) is 0 Å². The van der Waals surface area contributed by atoms with E-state index in [4.69, 9.17) is 4.42 Å². The lowest BCUT2D eigenvalue weighted by molar-refractivity contribution is 0.489. The molecular formula is C12H15NOS. The van der Waals surface area contributed by atoms with Gasteiger partial charge in [-0.1, -0.05) is 26.8 Å². The molecule has 2 rings (SSSR count). The fourth-order valence-corrected chi connectivity index (χ4v) is 2.19. The molecule has 2 aromatic rings. The maximum absolute atomic E-state index is 5.50. The van der Waals surface area contributed by atoms with E-state index in [1.165, 1.54) is 0 Å². The van der Waals surface area contributed by atoms with Crippen molar-refractivity contribution in [2.24, 2.45) is 0 Å². The maximum Gasteiger partial charge on any atom is 0.181 e. The average Bonchev–Trinajstić information content (AvgIpc) is 2.87. The van der Waals surface area contributed by atoms with E-state index < -0.39 is 0 Å². The van der Waals surface area contributed by atoms with E-state index >= 15 is 0 Å². The van der Waals surface area contributed by atoms with Crippen LogP contribution >= 0.6 is 11.3 Å². The Balaban J connectivity index is 2.47. The van der Waals surface area contributed by atoms with Crippen molar-refractivity contribution in [2.45, 2.75) is 32.6 Å². The summed E-state index contributed by atoms with van der Waals surface area (Å²) in [5.74, 6) is 0.928. The topological polar surface area (TPSA) is 26.0 Å². The van der Waals surface area contributed by atoms with Gasteiger partial charge in [-0.3, -0.25) is 0 Å². The second kappa shape index (κ2) is 3.81. The molecule has 0 aromatic carbocycles. The SMILES string of the molecule is CCC(C)(C)c1ncoc1-c1cccs1. The summed E-state index contributed by atoms with van der Waals surface area (Å²) in [6.07, 6.45) is 2.60. The Morgan fingerprint density at radius 3 is 2.87 bits per heavy atom. The van der Waals surface area contributed by atoms with Crippen molar-refractivity contribution in [1.29, 1.82) is 0 Å². The van der Waals surface area contributed by atoms with Crippen LogP contribution < -0.4 is 0 Å². The van der Waals surface area contributed by atoms with Crippen LogP contribution in [0.2, 0.25) is 0 Å². The van der Waals surface area contributed by atoms with Gasteiger partial charge in [-0.25, -0.2) is 4.98 Å². The van der Waals surface area contributed by atoms with Crippen LogP contribution in [0.3, 0.4) is 0 Å². The first-order valence-corrected chi connectivity index (χ1v) is 6.01. The van der Waals surface area contributed by atoms with Gasteiger partial charge < -0.3 is 4.42 Å². The molecule has 0 amide bonds. The highest BCUT2D eigenvalue weighted by molar-refractivity contribution is 7.13. The van der Waals surface area contributed by atoms with Gasteiger partial charge in [0.25, 0.3) is 0 Å². The fraction of sp³-hybridized carbons (Fsp3) is 0.417. The Morgan fingerprint density at radius 1 is 1.47 bits per heavy atom. The Labute approximate surface area is 94.0 Å². The summed E-state index contributed by atoms with van der Waals surface area (Å²) in [5, 5.41) is 2.06. The first-order valence-electron chi connectivity index (χ1n) is 5.13. The summed E-state index contributed by atoms with van der Waals surface area (Å²) in [5.41, 5.74) is 1.14. The van der Waals surface area contributed by atoms with E-state index in [-0.39, 0.29) is 5.41 Å². The third kappa shape index (κ3) is 1.84. The molecule has 0 bridgehead atoms. The molecule has 0 spiro atoms. The van der Waals surface area contributed by atoms with Crippen molar-refractivity contribution in [3.8, 4) is 10.6 Å². The summed E-state index contributed by atoms with van der Waals surface area (Å²) in [6.45, 7) is 6.57. The number of oxazole rings is 1. The quantitative estimate of drug-likeness (QED) is 0.780. The largest absolute Gasteiger partial charge is 0.442 e. The van der Waals surface area contributed by atoms with Crippen LogP contribution in [-0.2, 0) is 5.41 Å². The highest BCUT2D eigenvalue weighted by Gasteiger charge is 2.26. The van der Waals surface area contributed by atoms with E-state index in [0.29, 0.717) is 0 Å². The lowest BCUT2D eigenvalue weighted by Crippen LogP contribution is -2.16. The van der Waals surface area contributed by atoms with Gasteiger partial charge in [0.15, 0.2) is 12.2 Å². The number of rotatable bonds is 3. The molecule has 2 aromatic heterocycles. The molecule has 0 aliphatic carbocycles. The molecule has 0 aliphatic rings. The summed E-state index contributed by atoms with van der Waals surface area (Å²) in [6, 6.07) is 4.10. The average molecular weight is 221 g/mol. The van der Waals surface area contributed by atoms with Gasteiger partial charge in [-0.15, -0.1) is 11.3 Å². The molecule has 3 heteroatoms. The summed E-state index contributed by atoms with van der Waals surface area (Å²) in [7, 11) is 0. The van der Waals surface area contributed by atoms with Gasteiger partial charge in [-0.05, 0) is 17.9 Å². The van der Waals surface area contributed by atoms with E-state index in [1.54, 1.807) is 17.7 Å². The van der Waals surface area contributed by atoms with Crippen LogP contribution in [0.25, 0.3) is 10.6 Å². The third-order valence-corrected chi connectivity index (χ3v) is 3.71. The predicted octanol–water partition coefficient (Wildman–Crippen LogP) is 4.09. The van der Waals surface area contributed by atoms with E-state index in [1.807, 2.05) is 6.07 Å². The fourth-order valence-electron chi connectivity index (χ4n) is 1.48. The smallest absolute Gasteiger partial charge is 0.181 e. The van der Waals surface area contributed by atoms with Gasteiger partial charge in [0.1, 0.15) is 0 Å². The lowest BCUT2D eigenvalue weighted by Gasteiger charge is -2.20. The molecule has 0 saturated heterocycles. The normalized spacial score (nSPS) is 11.9. The van der Waals surface area contributed by atoms with Crippen LogP contribution in [0, 0.1) is 0 Å². The molecule has 80 valence electrons. The van der Waals surface area contributed by atoms with Gasteiger partial charge in [0.05, 0.1) is 10.6 Å². The number of hydrogen-bond acceptors (Lipinski definition) is 3. The zero-order valence-electron chi connectivity index (χ0n) is 9.28. The minimum atomic E-state index is 0.0757. The second-order valence-corrected chi connectivity index (χ2v) is 5.19. The van der Waals surface area contributed by atoms with Gasteiger partial charge >= 0.3 is 0 Å². The Hall–Kier alpha value is -1.09. The van der Waals surface area contributed by atoms with Crippen LogP contribution in [0.5, 0.6) is 0 Å². The minimum absolute atomic E-state index is 0.0757. The number of thiophene rings is 1. The predicted molar refractivity (Wildman–Crippen MR) is 63.1 cm³/mol. The van der Waals surface area contributed by atoms with E-state index in [9.17, 15) is 0 Å². The summed E-state index contributed by atoms with van der Waals surface area (Å²) < 4.78 is 5.50. The van der Waals surface area contributed by atoms with Crippen molar-refractivity contribution in [1.82, 2.24) is 4.98 Å². The van der Waals surface area contributed by atoms with Crippen LogP contribution in [0.15, 0.2) is 28.3 Å². The minimum Gasteiger partial charge on any atom is -0.442 e. The van der Waals surface area contributed by atoms with Gasteiger partial charge in [-0.2, -0.15) is 0 Å². The molecule has 0 aliphatic heterocycles. The molecule has 0 atom stereocenters. The number of nitrogens with zero attached hydrogens (tertiary/aromatic N) is 1. The zero-order chi connectivity index (χ0) is 10.9. The van der Waals surface area contributed by atoms with Gasteiger partial charge in [0.2, 0.25) is 0 Å². The Kier molecular flexibility index (Phi) is 2.65. The van der Waals surface area contributed by atoms with Crippen molar-refractivity contribution >= 4 is 11.3 Å². The van der Waals surface area contributed by atoms with Crippen LogP contribution in [0.4, 0.5) is 0 Å². The molecule has 15 heavy (non-hydrogen) atoms. The zero-order valence-corrected chi connectivity index (χ0v) is 10.1. The van der Waals surface area contributed by atoms with Crippen LogP contribution in [0.1, 0.15) is 32.9 Å². The summed E-state index contributed by atoms with van der Waals surface area (Å²) in [4.78, 5) is 5.51. The molecule has 0 unspecified atom stereocenters. The molecular weight excluding hydrogens is 206 g/mol. The van der Waals surface area contributed by atoms with Crippen molar-refractivity contribution in [3.05, 3.63) is 29.6 Å². The monoisotopic (exact) mass is 221 g/mol. The standard InChI is InChI=1S/C12H15NOS/c1-4-12(2,3)11-10(14-8-13-11)9-6-5-7-15-9/h5-8H,4H2,1-3H3. The summed E-state index contributed by atoms with van der Waals surface area (Å²) >= 11 is 1.69. The molecule has 2 heterocycles. The molecule has 0 radical (unpaired) electrons. The highest BCUT2D eigenvalue weighted by Crippen LogP contribution is 2.36. The van der Waals surface area contributed by atoms with Crippen LogP contribution in [-0.4, -0.2) is 4.98 Å². The van der Waals surface area contributed by atoms with Crippen molar-refractivity contribution in [2.75, 3.05) is 0 Å².